The second kappa shape index (κ2) is 12.7. The lowest BCUT2D eigenvalue weighted by molar-refractivity contribution is 1.18. The molecule has 13 aromatic rings. The summed E-state index contributed by atoms with van der Waals surface area (Å²) in [5, 5.41) is 12.8. The van der Waals surface area contributed by atoms with Gasteiger partial charge in [-0.2, -0.15) is 0 Å². The summed E-state index contributed by atoms with van der Waals surface area (Å²) in [5.41, 5.74) is 17.4. The van der Waals surface area contributed by atoms with Crippen LogP contribution in [0, 0.1) is 0 Å². The molecule has 2 aromatic heterocycles. The van der Waals surface area contributed by atoms with Gasteiger partial charge < -0.3 is 9.13 Å². The van der Waals surface area contributed by atoms with Gasteiger partial charge in [0, 0.05) is 32.9 Å². The predicted molar refractivity (Wildman–Crippen MR) is 263 cm³/mol. The molecular weight excluding hydrogens is 749 g/mol. The standard InChI is InChI=1S/C60H36N2/c1-2-12-44(13-3-1)61-56-19-8-6-15-48(56)53-34-40(25-29-58(53)61)41-26-30-59-54(35-41)49-16-7-9-20-57(49)62(59)45-27-23-37-21-22-38(31-43(37)32-45)39-24-28-47-51-18-10-17-50-46-14-5-4-11-42(46)36-55(60(50)51)52(47)33-39/h1-36H. The summed E-state index contributed by atoms with van der Waals surface area (Å²) in [4.78, 5) is 0. The second-order valence-corrected chi connectivity index (χ2v) is 16.9. The minimum Gasteiger partial charge on any atom is -0.309 e. The number of benzene rings is 11. The maximum absolute atomic E-state index is 2.44. The number of para-hydroxylation sites is 3. The maximum Gasteiger partial charge on any atom is 0.0541 e. The fraction of sp³-hybridized carbons (Fsp3) is 0. The van der Waals surface area contributed by atoms with Crippen LogP contribution in [0.4, 0.5) is 0 Å². The summed E-state index contributed by atoms with van der Waals surface area (Å²) in [7, 11) is 0. The number of fused-ring (bicyclic) bond motifs is 12. The van der Waals surface area contributed by atoms with Crippen LogP contribution >= 0.6 is 0 Å². The summed E-state index contributed by atoms with van der Waals surface area (Å²) < 4.78 is 4.82. The third kappa shape index (κ3) is 4.75. The van der Waals surface area contributed by atoms with Gasteiger partial charge in [-0.1, -0.05) is 140 Å². The Hall–Kier alpha value is -8.20. The number of rotatable bonds is 4. The SMILES string of the molecule is c1ccc(-n2c3ccccc3c3cc(-c4ccc5c(c4)c4ccccc4n5-c4ccc5ccc(-c6ccc7c(c6)-c6cc8ccccc8c8cccc-7c68)cc5c4)ccc32)cc1. The molecule has 2 nitrogen and oxygen atoms in total. The van der Waals surface area contributed by atoms with Crippen molar-refractivity contribution in [1.29, 1.82) is 0 Å². The Kier molecular flexibility index (Phi) is 6.86. The number of hydrogen-bond acceptors (Lipinski definition) is 0. The summed E-state index contributed by atoms with van der Waals surface area (Å²) in [5.74, 6) is 0. The van der Waals surface area contributed by atoms with Gasteiger partial charge in [-0.05, 0) is 156 Å². The van der Waals surface area contributed by atoms with Crippen LogP contribution in [0.2, 0.25) is 0 Å². The van der Waals surface area contributed by atoms with Crippen LogP contribution in [-0.4, -0.2) is 9.13 Å². The Morgan fingerprint density at radius 3 is 1.55 bits per heavy atom. The van der Waals surface area contributed by atoms with Gasteiger partial charge in [-0.25, -0.2) is 0 Å². The van der Waals surface area contributed by atoms with Crippen molar-refractivity contribution in [2.45, 2.75) is 0 Å². The Bertz CT molecular complexity index is 4030. The molecule has 0 radical (unpaired) electrons. The maximum atomic E-state index is 2.44. The number of hydrogen-bond donors (Lipinski definition) is 0. The van der Waals surface area contributed by atoms with Crippen molar-refractivity contribution in [2.75, 3.05) is 0 Å². The lowest BCUT2D eigenvalue weighted by Crippen LogP contribution is -1.94. The highest BCUT2D eigenvalue weighted by Crippen LogP contribution is 2.50. The van der Waals surface area contributed by atoms with Crippen molar-refractivity contribution >= 4 is 75.9 Å². The van der Waals surface area contributed by atoms with Crippen molar-refractivity contribution in [2.24, 2.45) is 0 Å². The van der Waals surface area contributed by atoms with Gasteiger partial charge >= 0.3 is 0 Å². The molecule has 1 aliphatic rings. The topological polar surface area (TPSA) is 9.86 Å². The fourth-order valence-electron chi connectivity index (χ4n) is 10.8. The quantitative estimate of drug-likeness (QED) is 0.157. The third-order valence-corrected chi connectivity index (χ3v) is 13.6. The van der Waals surface area contributed by atoms with Crippen molar-refractivity contribution in [1.82, 2.24) is 9.13 Å². The Morgan fingerprint density at radius 2 is 0.790 bits per heavy atom. The van der Waals surface area contributed by atoms with E-state index in [2.05, 4.69) is 228 Å². The van der Waals surface area contributed by atoms with Crippen molar-refractivity contribution in [3.8, 4) is 55.9 Å². The number of aromatic nitrogens is 2. The number of nitrogens with zero attached hydrogens (tertiary/aromatic N) is 2. The molecular formula is C60H36N2. The Labute approximate surface area is 357 Å². The van der Waals surface area contributed by atoms with Gasteiger partial charge in [0.2, 0.25) is 0 Å². The van der Waals surface area contributed by atoms with Crippen molar-refractivity contribution in [3.05, 3.63) is 218 Å². The molecule has 0 unspecified atom stereocenters. The molecule has 0 saturated carbocycles. The van der Waals surface area contributed by atoms with E-state index in [0.717, 1.165) is 5.69 Å². The average Bonchev–Trinajstić information content (AvgIpc) is 3.97. The van der Waals surface area contributed by atoms with E-state index in [4.69, 9.17) is 0 Å². The van der Waals surface area contributed by atoms with Gasteiger partial charge in [-0.3, -0.25) is 0 Å². The van der Waals surface area contributed by atoms with Gasteiger partial charge in [0.15, 0.2) is 0 Å². The second-order valence-electron chi connectivity index (χ2n) is 16.9. The van der Waals surface area contributed by atoms with E-state index in [1.54, 1.807) is 0 Å². The third-order valence-electron chi connectivity index (χ3n) is 13.6. The van der Waals surface area contributed by atoms with Crippen molar-refractivity contribution in [3.63, 3.8) is 0 Å². The van der Waals surface area contributed by atoms with Crippen LogP contribution in [0.15, 0.2) is 218 Å². The molecule has 1 aliphatic carbocycles. The smallest absolute Gasteiger partial charge is 0.0541 e. The zero-order valence-electron chi connectivity index (χ0n) is 33.7. The first-order valence-corrected chi connectivity index (χ1v) is 21.5. The van der Waals surface area contributed by atoms with Crippen LogP contribution in [-0.2, 0) is 0 Å². The molecule has 0 bridgehead atoms. The van der Waals surface area contributed by atoms with E-state index in [-0.39, 0.29) is 0 Å². The van der Waals surface area contributed by atoms with E-state index >= 15 is 0 Å². The van der Waals surface area contributed by atoms with Gasteiger partial charge in [-0.15, -0.1) is 0 Å². The molecule has 286 valence electrons. The predicted octanol–water partition coefficient (Wildman–Crippen LogP) is 16.3. The lowest BCUT2D eigenvalue weighted by atomic mass is 9.95. The Morgan fingerprint density at radius 1 is 0.226 bits per heavy atom. The summed E-state index contributed by atoms with van der Waals surface area (Å²) in [6.45, 7) is 0. The average molecular weight is 785 g/mol. The van der Waals surface area contributed by atoms with Crippen molar-refractivity contribution < 1.29 is 0 Å². The molecule has 0 aliphatic heterocycles. The molecule has 0 fully saturated rings. The molecule has 14 rings (SSSR count). The summed E-state index contributed by atoms with van der Waals surface area (Å²) in [6, 6.07) is 81.0. The normalized spacial score (nSPS) is 12.2. The highest BCUT2D eigenvalue weighted by Gasteiger charge is 2.23. The van der Waals surface area contributed by atoms with E-state index in [9.17, 15) is 0 Å². The first-order chi connectivity index (χ1) is 30.7. The molecule has 0 amide bonds. The van der Waals surface area contributed by atoms with Gasteiger partial charge in [0.1, 0.15) is 0 Å². The van der Waals surface area contributed by atoms with E-state index < -0.39 is 0 Å². The highest BCUT2D eigenvalue weighted by atomic mass is 15.0. The molecule has 0 saturated heterocycles. The van der Waals surface area contributed by atoms with Crippen LogP contribution in [0.5, 0.6) is 0 Å². The molecule has 11 aromatic carbocycles. The molecule has 2 heteroatoms. The van der Waals surface area contributed by atoms with E-state index in [1.165, 1.54) is 126 Å². The minimum atomic E-state index is 1.16. The molecule has 0 N–H and O–H groups in total. The summed E-state index contributed by atoms with van der Waals surface area (Å²) >= 11 is 0. The molecule has 2 heterocycles. The largest absolute Gasteiger partial charge is 0.309 e. The Balaban J connectivity index is 0.878. The first kappa shape index (κ1) is 33.6. The molecule has 0 spiro atoms. The zero-order valence-corrected chi connectivity index (χ0v) is 33.7. The van der Waals surface area contributed by atoms with Crippen LogP contribution < -0.4 is 0 Å². The summed E-state index contributed by atoms with van der Waals surface area (Å²) in [6.07, 6.45) is 0. The van der Waals surface area contributed by atoms with E-state index in [1.807, 2.05) is 0 Å². The minimum absolute atomic E-state index is 1.16. The van der Waals surface area contributed by atoms with Crippen LogP contribution in [0.25, 0.3) is 132 Å². The highest BCUT2D eigenvalue weighted by molar-refractivity contribution is 6.24. The first-order valence-electron chi connectivity index (χ1n) is 21.5. The zero-order chi connectivity index (χ0) is 40.5. The van der Waals surface area contributed by atoms with Crippen LogP contribution in [0.3, 0.4) is 0 Å². The lowest BCUT2D eigenvalue weighted by Gasteiger charge is -2.12. The van der Waals surface area contributed by atoms with E-state index in [0.29, 0.717) is 0 Å². The van der Waals surface area contributed by atoms with Crippen LogP contribution in [0.1, 0.15) is 0 Å². The van der Waals surface area contributed by atoms with Gasteiger partial charge in [0.25, 0.3) is 0 Å². The molecule has 62 heavy (non-hydrogen) atoms. The fourth-order valence-corrected chi connectivity index (χ4v) is 10.8. The molecule has 0 atom stereocenters. The van der Waals surface area contributed by atoms with Gasteiger partial charge in [0.05, 0.1) is 22.1 Å². The monoisotopic (exact) mass is 784 g/mol.